The van der Waals surface area contributed by atoms with Gasteiger partial charge in [0.2, 0.25) is 11.8 Å². The average Bonchev–Trinajstić information content (AvgIpc) is 3.28. The van der Waals surface area contributed by atoms with Crippen molar-refractivity contribution in [1.82, 2.24) is 10.2 Å². The summed E-state index contributed by atoms with van der Waals surface area (Å²) in [5, 5.41) is 5.54. The van der Waals surface area contributed by atoms with E-state index >= 15 is 0 Å². The van der Waals surface area contributed by atoms with Gasteiger partial charge in [-0.2, -0.15) is 0 Å². The monoisotopic (exact) mass is 405 g/mol. The molecule has 1 aliphatic carbocycles. The first-order valence-electron chi connectivity index (χ1n) is 10.00. The van der Waals surface area contributed by atoms with Crippen LogP contribution in [0.4, 0.5) is 19.3 Å². The summed E-state index contributed by atoms with van der Waals surface area (Å²) in [6.07, 6.45) is 5.51. The number of nitrogens with zero attached hydrogens (tertiary/aromatic N) is 1. The van der Waals surface area contributed by atoms with E-state index in [9.17, 15) is 18.4 Å². The summed E-state index contributed by atoms with van der Waals surface area (Å²) >= 11 is 0. The minimum absolute atomic E-state index is 0.0665. The van der Waals surface area contributed by atoms with Crippen LogP contribution < -0.4 is 15.4 Å². The van der Waals surface area contributed by atoms with Gasteiger partial charge < -0.3 is 20.3 Å². The second-order valence-corrected chi connectivity index (χ2v) is 8.01. The summed E-state index contributed by atoms with van der Waals surface area (Å²) in [7, 11) is 1.58. The van der Waals surface area contributed by atoms with Gasteiger partial charge in [0.25, 0.3) is 0 Å². The van der Waals surface area contributed by atoms with Gasteiger partial charge in [-0.3, -0.25) is 4.79 Å². The molecule has 0 spiro atoms. The largest absolute Gasteiger partial charge is 0.491 e. The lowest BCUT2D eigenvalue weighted by Crippen LogP contribution is -2.40. The number of benzene rings is 1. The van der Waals surface area contributed by atoms with Gasteiger partial charge in [-0.15, -0.1) is 0 Å². The van der Waals surface area contributed by atoms with E-state index in [1.807, 2.05) is 24.3 Å². The highest BCUT2D eigenvalue weighted by molar-refractivity contribution is 6.00. The van der Waals surface area contributed by atoms with Crippen molar-refractivity contribution in [2.75, 3.05) is 25.5 Å². The van der Waals surface area contributed by atoms with Crippen LogP contribution >= 0.6 is 0 Å². The Kier molecular flexibility index (Phi) is 5.19. The first-order chi connectivity index (χ1) is 13.8. The maximum Gasteiger partial charge on any atom is 0.317 e. The van der Waals surface area contributed by atoms with E-state index in [4.69, 9.17) is 4.74 Å². The minimum Gasteiger partial charge on any atom is -0.491 e. The van der Waals surface area contributed by atoms with E-state index in [0.29, 0.717) is 30.9 Å². The number of alkyl halides is 2. The van der Waals surface area contributed by atoms with Gasteiger partial charge in [-0.05, 0) is 36.5 Å². The highest BCUT2D eigenvalue weighted by Gasteiger charge is 2.35. The van der Waals surface area contributed by atoms with Crippen LogP contribution in [0.15, 0.2) is 18.2 Å². The summed E-state index contributed by atoms with van der Waals surface area (Å²) in [5.74, 6) is -2.01. The van der Waals surface area contributed by atoms with Crippen LogP contribution in [0.2, 0.25) is 0 Å². The zero-order valence-electron chi connectivity index (χ0n) is 16.3. The second kappa shape index (κ2) is 7.65. The van der Waals surface area contributed by atoms with Crippen molar-refractivity contribution in [1.29, 1.82) is 0 Å². The molecule has 8 heteroatoms. The summed E-state index contributed by atoms with van der Waals surface area (Å²) in [4.78, 5) is 25.6. The number of likely N-dealkylation sites (N-methyl/N-ethyl adjacent to an activating group) is 1. The summed E-state index contributed by atoms with van der Waals surface area (Å²) in [6.45, 7) is 0.808. The summed E-state index contributed by atoms with van der Waals surface area (Å²) in [5.41, 5.74) is 2.48. The Hall–Kier alpha value is -2.64. The number of urea groups is 1. The summed E-state index contributed by atoms with van der Waals surface area (Å²) < 4.78 is 32.4. The lowest BCUT2D eigenvalue weighted by atomic mass is 9.86. The molecule has 2 aliphatic heterocycles. The molecule has 1 unspecified atom stereocenters. The molecule has 1 aromatic rings. The fourth-order valence-electron chi connectivity index (χ4n) is 4.10. The topological polar surface area (TPSA) is 70.7 Å². The number of carbonyl (C=O) groups is 2. The number of anilines is 1. The Morgan fingerprint density at radius 1 is 1.34 bits per heavy atom. The van der Waals surface area contributed by atoms with Gasteiger partial charge in [-0.1, -0.05) is 12.2 Å². The van der Waals surface area contributed by atoms with Crippen molar-refractivity contribution in [3.8, 4) is 5.75 Å². The molecule has 4 rings (SSSR count). The quantitative estimate of drug-likeness (QED) is 0.806. The molecule has 1 atom stereocenters. The molecule has 0 radical (unpaired) electrons. The molecule has 29 heavy (non-hydrogen) atoms. The molecular formula is C21H25F2N3O3. The molecule has 0 aromatic heterocycles. The normalized spacial score (nSPS) is 23.8. The van der Waals surface area contributed by atoms with Gasteiger partial charge in [0, 0.05) is 38.4 Å². The Labute approximate surface area is 168 Å². The van der Waals surface area contributed by atoms with E-state index in [-0.39, 0.29) is 37.2 Å². The van der Waals surface area contributed by atoms with Gasteiger partial charge in [0.1, 0.15) is 11.8 Å². The molecule has 0 bridgehead atoms. The zero-order chi connectivity index (χ0) is 20.6. The summed E-state index contributed by atoms with van der Waals surface area (Å²) in [6, 6.07) is 2.99. The number of fused-ring (bicyclic) bond motifs is 1. The molecular weight excluding hydrogens is 380 g/mol. The molecule has 2 heterocycles. The van der Waals surface area contributed by atoms with E-state index in [0.717, 1.165) is 17.5 Å². The Morgan fingerprint density at radius 2 is 2.10 bits per heavy atom. The van der Waals surface area contributed by atoms with Crippen LogP contribution in [0.25, 0.3) is 6.08 Å². The van der Waals surface area contributed by atoms with Crippen LogP contribution in [0.1, 0.15) is 36.8 Å². The minimum atomic E-state index is -2.53. The molecule has 2 fully saturated rings. The number of halogens is 2. The van der Waals surface area contributed by atoms with Crippen LogP contribution in [-0.2, 0) is 11.2 Å². The van der Waals surface area contributed by atoms with E-state index in [2.05, 4.69) is 10.6 Å². The Morgan fingerprint density at radius 3 is 2.79 bits per heavy atom. The first kappa shape index (κ1) is 19.7. The fraction of sp³-hybridized carbons (Fsp3) is 0.524. The predicted molar refractivity (Wildman–Crippen MR) is 105 cm³/mol. The second-order valence-electron chi connectivity index (χ2n) is 8.01. The Bertz CT molecular complexity index is 846. The molecule has 3 aliphatic rings. The van der Waals surface area contributed by atoms with Gasteiger partial charge >= 0.3 is 6.03 Å². The smallest absolute Gasteiger partial charge is 0.317 e. The lowest BCUT2D eigenvalue weighted by Gasteiger charge is -2.26. The fourth-order valence-corrected chi connectivity index (χ4v) is 4.10. The third kappa shape index (κ3) is 4.21. The van der Waals surface area contributed by atoms with Gasteiger partial charge in [0.15, 0.2) is 0 Å². The number of nitrogens with one attached hydrogen (secondary N) is 2. The number of hydrogen-bond donors (Lipinski definition) is 2. The van der Waals surface area contributed by atoms with Gasteiger partial charge in [0.05, 0.1) is 12.3 Å². The number of hydrogen-bond acceptors (Lipinski definition) is 3. The maximum atomic E-state index is 13.3. The molecule has 2 N–H and O–H groups in total. The number of ether oxygens (including phenoxy) is 1. The van der Waals surface area contributed by atoms with Crippen molar-refractivity contribution < 1.29 is 23.1 Å². The van der Waals surface area contributed by atoms with Crippen molar-refractivity contribution >= 4 is 23.7 Å². The average molecular weight is 405 g/mol. The number of allylic oxidation sites excluding steroid dienone is 1. The maximum absolute atomic E-state index is 13.3. The molecule has 3 amide bonds. The van der Waals surface area contributed by atoms with E-state index in [1.165, 1.54) is 4.90 Å². The highest BCUT2D eigenvalue weighted by atomic mass is 19.3. The lowest BCUT2D eigenvalue weighted by molar-refractivity contribution is -0.119. The highest BCUT2D eigenvalue weighted by Crippen LogP contribution is 2.38. The third-order valence-corrected chi connectivity index (χ3v) is 5.92. The first-order valence-corrected chi connectivity index (χ1v) is 10.00. The molecule has 1 aromatic carbocycles. The Balaban J connectivity index is 1.50. The van der Waals surface area contributed by atoms with Crippen LogP contribution in [-0.4, -0.2) is 49.0 Å². The number of amides is 3. The van der Waals surface area contributed by atoms with Gasteiger partial charge in [-0.25, -0.2) is 13.6 Å². The molecule has 1 saturated heterocycles. The van der Waals surface area contributed by atoms with E-state index in [1.54, 1.807) is 7.05 Å². The van der Waals surface area contributed by atoms with Crippen molar-refractivity contribution in [2.45, 2.75) is 44.1 Å². The van der Waals surface area contributed by atoms with E-state index < -0.39 is 12.0 Å². The number of carbonyl (C=O) groups excluding carboxylic acids is 2. The van der Waals surface area contributed by atoms with Crippen LogP contribution in [0, 0.1) is 5.92 Å². The van der Waals surface area contributed by atoms with Crippen molar-refractivity contribution in [2.24, 2.45) is 5.92 Å². The van der Waals surface area contributed by atoms with Crippen molar-refractivity contribution in [3.63, 3.8) is 0 Å². The van der Waals surface area contributed by atoms with Crippen LogP contribution in [0.5, 0.6) is 5.75 Å². The number of rotatable bonds is 4. The zero-order valence-corrected chi connectivity index (χ0v) is 16.3. The SMILES string of the molecule is CN1C(=O)NCC1C(=O)Nc1cc(/C=C/C2CCC(F)(F)CC2)cc2c1OCC2. The molecule has 1 saturated carbocycles. The standard InChI is InChI=1S/C21H25F2N3O3/c1-26-17(12-24-20(26)28)19(27)25-16-11-14(10-15-6-9-29-18(15)16)3-2-13-4-7-21(22,23)8-5-13/h2-3,10-11,13,17H,4-9,12H2,1H3,(H,24,28)(H,25,27)/b3-2+. The molecule has 6 nitrogen and oxygen atoms in total. The van der Waals surface area contributed by atoms with Crippen LogP contribution in [0.3, 0.4) is 0 Å². The molecule has 156 valence electrons. The third-order valence-electron chi connectivity index (χ3n) is 5.92. The predicted octanol–water partition coefficient (Wildman–Crippen LogP) is 3.42. The van der Waals surface area contributed by atoms with Crippen molar-refractivity contribution in [3.05, 3.63) is 29.3 Å².